The van der Waals surface area contributed by atoms with Crippen molar-refractivity contribution in [2.24, 2.45) is 5.41 Å². The number of nitrogens with zero attached hydrogens (tertiary/aromatic N) is 1. The summed E-state index contributed by atoms with van der Waals surface area (Å²) in [5.74, 6) is -0.212. The second kappa shape index (κ2) is 6.01. The molecule has 0 aromatic carbocycles. The van der Waals surface area contributed by atoms with Crippen molar-refractivity contribution in [1.82, 2.24) is 10.4 Å². The van der Waals surface area contributed by atoms with Crippen LogP contribution in [-0.2, 0) is 17.8 Å². The van der Waals surface area contributed by atoms with Crippen molar-refractivity contribution in [1.29, 1.82) is 0 Å². The van der Waals surface area contributed by atoms with Gasteiger partial charge in [0, 0.05) is 16.8 Å². The number of hydrogen-bond donors (Lipinski definition) is 2. The third-order valence-corrected chi connectivity index (χ3v) is 6.13. The lowest BCUT2D eigenvalue weighted by Gasteiger charge is -2.38. The molecule has 1 aliphatic carbocycles. The average molecular weight is 322 g/mol. The Morgan fingerprint density at radius 2 is 2.05 bits per heavy atom. The highest BCUT2D eigenvalue weighted by molar-refractivity contribution is 7.14. The van der Waals surface area contributed by atoms with Gasteiger partial charge in [-0.1, -0.05) is 26.2 Å². The lowest BCUT2D eigenvalue weighted by Crippen LogP contribution is -2.45. The van der Waals surface area contributed by atoms with Crippen molar-refractivity contribution in [2.75, 3.05) is 6.54 Å². The maximum atomic E-state index is 12.9. The molecule has 6 heteroatoms. The van der Waals surface area contributed by atoms with Crippen LogP contribution < -0.4 is 5.48 Å². The monoisotopic (exact) mass is 322 g/mol. The minimum Gasteiger partial charge on any atom is -0.337 e. The molecule has 2 heterocycles. The predicted molar refractivity (Wildman–Crippen MR) is 83.9 cm³/mol. The first kappa shape index (κ1) is 15.5. The van der Waals surface area contributed by atoms with Crippen LogP contribution in [0.1, 0.15) is 59.1 Å². The van der Waals surface area contributed by atoms with E-state index in [1.54, 1.807) is 5.48 Å². The zero-order chi connectivity index (χ0) is 15.7. The molecule has 5 nitrogen and oxygen atoms in total. The summed E-state index contributed by atoms with van der Waals surface area (Å²) in [6, 6.07) is 1.83. The molecule has 0 radical (unpaired) electrons. The van der Waals surface area contributed by atoms with Crippen LogP contribution in [0.3, 0.4) is 0 Å². The summed E-state index contributed by atoms with van der Waals surface area (Å²) in [5.41, 5.74) is 2.59. The molecule has 0 saturated heterocycles. The number of amides is 2. The Bertz CT molecular complexity index is 590. The molecule has 0 atom stereocenters. The number of hydroxylamine groups is 1. The Balaban J connectivity index is 1.75. The summed E-state index contributed by atoms with van der Waals surface area (Å²) < 4.78 is 0. The quantitative estimate of drug-likeness (QED) is 0.650. The molecule has 1 aromatic heterocycles. The van der Waals surface area contributed by atoms with E-state index in [2.05, 4.69) is 6.92 Å². The van der Waals surface area contributed by atoms with Gasteiger partial charge in [0.15, 0.2) is 0 Å². The van der Waals surface area contributed by atoms with Crippen molar-refractivity contribution in [3.63, 3.8) is 0 Å². The van der Waals surface area contributed by atoms with Gasteiger partial charge in [0.05, 0.1) is 11.4 Å². The first-order valence-corrected chi connectivity index (χ1v) is 8.70. The van der Waals surface area contributed by atoms with Gasteiger partial charge in [-0.25, -0.2) is 5.48 Å². The highest BCUT2D eigenvalue weighted by Gasteiger charge is 2.38. The predicted octanol–water partition coefficient (Wildman–Crippen LogP) is 2.72. The largest absolute Gasteiger partial charge is 0.337 e. The molecular weight excluding hydrogens is 300 g/mol. The maximum absolute atomic E-state index is 12.9. The van der Waals surface area contributed by atoms with Crippen molar-refractivity contribution in [3.8, 4) is 0 Å². The van der Waals surface area contributed by atoms with Gasteiger partial charge in [0.2, 0.25) is 5.91 Å². The van der Waals surface area contributed by atoms with Crippen molar-refractivity contribution < 1.29 is 14.8 Å². The SMILES string of the molecule is CC1(C(=O)N2CCc3cc(C(=O)NO)sc3C2)CCCCC1. The number of carbonyl (C=O) groups excluding carboxylic acids is 2. The molecule has 1 aliphatic heterocycles. The summed E-state index contributed by atoms with van der Waals surface area (Å²) in [4.78, 5) is 27.9. The van der Waals surface area contributed by atoms with Gasteiger partial charge >= 0.3 is 0 Å². The van der Waals surface area contributed by atoms with Gasteiger partial charge in [0.1, 0.15) is 0 Å². The molecule has 22 heavy (non-hydrogen) atoms. The van der Waals surface area contributed by atoms with E-state index in [1.165, 1.54) is 17.8 Å². The van der Waals surface area contributed by atoms with Gasteiger partial charge in [-0.2, -0.15) is 0 Å². The third-order valence-electron chi connectivity index (χ3n) is 4.97. The second-order valence-electron chi connectivity index (χ2n) is 6.60. The normalized spacial score (nSPS) is 20.4. The van der Waals surface area contributed by atoms with Crippen LogP contribution in [0.4, 0.5) is 0 Å². The number of nitrogens with one attached hydrogen (secondary N) is 1. The zero-order valence-corrected chi connectivity index (χ0v) is 13.7. The molecule has 3 rings (SSSR count). The fourth-order valence-corrected chi connectivity index (χ4v) is 4.71. The lowest BCUT2D eigenvalue weighted by atomic mass is 9.74. The van der Waals surface area contributed by atoms with Crippen LogP contribution in [0.15, 0.2) is 6.07 Å². The van der Waals surface area contributed by atoms with Gasteiger partial charge in [-0.15, -0.1) is 11.3 Å². The van der Waals surface area contributed by atoms with E-state index in [-0.39, 0.29) is 11.3 Å². The Kier molecular flexibility index (Phi) is 4.23. The molecule has 2 aliphatic rings. The zero-order valence-electron chi connectivity index (χ0n) is 12.9. The highest BCUT2D eigenvalue weighted by atomic mass is 32.1. The number of carbonyl (C=O) groups is 2. The number of hydrogen-bond acceptors (Lipinski definition) is 4. The van der Waals surface area contributed by atoms with Gasteiger partial charge < -0.3 is 4.90 Å². The standard InChI is InChI=1S/C16H22N2O3S/c1-16(6-3-2-4-7-16)15(20)18-8-5-11-9-12(14(19)17-21)22-13(11)10-18/h9,21H,2-8,10H2,1H3,(H,17,19). The van der Waals surface area contributed by atoms with Gasteiger partial charge in [-0.3, -0.25) is 14.8 Å². The van der Waals surface area contributed by atoms with E-state index in [0.29, 0.717) is 11.4 Å². The van der Waals surface area contributed by atoms with Crippen LogP contribution in [0, 0.1) is 5.41 Å². The first-order chi connectivity index (χ1) is 10.5. The Labute approximate surface area is 134 Å². The van der Waals surface area contributed by atoms with E-state index >= 15 is 0 Å². The van der Waals surface area contributed by atoms with Crippen LogP contribution in [0.5, 0.6) is 0 Å². The fraction of sp³-hybridized carbons (Fsp3) is 0.625. The number of rotatable bonds is 2. The Morgan fingerprint density at radius 3 is 2.73 bits per heavy atom. The molecule has 0 spiro atoms. The van der Waals surface area contributed by atoms with E-state index in [4.69, 9.17) is 5.21 Å². The van der Waals surface area contributed by atoms with Crippen molar-refractivity contribution in [3.05, 3.63) is 21.4 Å². The van der Waals surface area contributed by atoms with Crippen LogP contribution in [0.25, 0.3) is 0 Å². The minimum absolute atomic E-state index is 0.210. The van der Waals surface area contributed by atoms with E-state index < -0.39 is 5.91 Å². The van der Waals surface area contributed by atoms with Gasteiger partial charge in [0.25, 0.3) is 5.91 Å². The van der Waals surface area contributed by atoms with Crippen molar-refractivity contribution >= 4 is 23.2 Å². The second-order valence-corrected chi connectivity index (χ2v) is 7.73. The van der Waals surface area contributed by atoms with Crippen molar-refractivity contribution in [2.45, 2.75) is 52.0 Å². The summed E-state index contributed by atoms with van der Waals surface area (Å²) in [7, 11) is 0. The smallest absolute Gasteiger partial charge is 0.284 e. The van der Waals surface area contributed by atoms with E-state index in [9.17, 15) is 9.59 Å². The highest BCUT2D eigenvalue weighted by Crippen LogP contribution is 2.39. The molecule has 1 saturated carbocycles. The summed E-state index contributed by atoms with van der Waals surface area (Å²) >= 11 is 1.37. The number of thiophene rings is 1. The summed E-state index contributed by atoms with van der Waals surface area (Å²) in [6.07, 6.45) is 6.27. The average Bonchev–Trinajstić information content (AvgIpc) is 2.97. The molecule has 0 bridgehead atoms. The Hall–Kier alpha value is -1.40. The van der Waals surface area contributed by atoms with E-state index in [1.807, 2.05) is 11.0 Å². The molecule has 1 fully saturated rings. The molecule has 2 N–H and O–H groups in total. The molecular formula is C16H22N2O3S. The number of fused-ring (bicyclic) bond motifs is 1. The minimum atomic E-state index is -0.475. The molecule has 120 valence electrons. The Morgan fingerprint density at radius 1 is 1.32 bits per heavy atom. The van der Waals surface area contributed by atoms with Crippen LogP contribution in [-0.4, -0.2) is 28.5 Å². The maximum Gasteiger partial charge on any atom is 0.284 e. The topological polar surface area (TPSA) is 69.6 Å². The molecule has 0 unspecified atom stereocenters. The van der Waals surface area contributed by atoms with E-state index in [0.717, 1.165) is 49.1 Å². The first-order valence-electron chi connectivity index (χ1n) is 7.89. The van der Waals surface area contributed by atoms with Gasteiger partial charge in [-0.05, 0) is 30.9 Å². The lowest BCUT2D eigenvalue weighted by molar-refractivity contribution is -0.144. The van der Waals surface area contributed by atoms with Crippen LogP contribution in [0.2, 0.25) is 0 Å². The summed E-state index contributed by atoms with van der Waals surface area (Å²) in [6.45, 7) is 3.41. The van der Waals surface area contributed by atoms with Crippen LogP contribution >= 0.6 is 11.3 Å². The molecule has 1 aromatic rings. The third kappa shape index (κ3) is 2.77. The summed E-state index contributed by atoms with van der Waals surface area (Å²) in [5, 5.41) is 8.74. The molecule has 2 amide bonds. The fourth-order valence-electron chi connectivity index (χ4n) is 3.59.